The van der Waals surface area contributed by atoms with Crippen molar-refractivity contribution in [1.29, 1.82) is 0 Å². The van der Waals surface area contributed by atoms with E-state index in [-0.39, 0.29) is 24.7 Å². The van der Waals surface area contributed by atoms with Crippen molar-refractivity contribution in [2.45, 2.75) is 6.10 Å². The molecule has 0 aliphatic heterocycles. The molecular formula is C11H12Cl2O3. The van der Waals surface area contributed by atoms with Crippen LogP contribution in [-0.2, 0) is 9.47 Å². The second-order valence-corrected chi connectivity index (χ2v) is 3.54. The van der Waals surface area contributed by atoms with Gasteiger partial charge in [0.05, 0.1) is 11.4 Å². The van der Waals surface area contributed by atoms with Crippen LogP contribution in [0.3, 0.4) is 0 Å². The Morgan fingerprint density at radius 3 is 2.50 bits per heavy atom. The Hall–Kier alpha value is -0.770. The van der Waals surface area contributed by atoms with Crippen LogP contribution < -0.4 is 0 Å². The van der Waals surface area contributed by atoms with Gasteiger partial charge in [-0.1, -0.05) is 29.8 Å². The van der Waals surface area contributed by atoms with Crippen LogP contribution in [-0.4, -0.2) is 30.6 Å². The van der Waals surface area contributed by atoms with E-state index in [1.54, 1.807) is 24.3 Å². The van der Waals surface area contributed by atoms with E-state index in [0.717, 1.165) is 0 Å². The van der Waals surface area contributed by atoms with Crippen molar-refractivity contribution in [3.8, 4) is 0 Å². The van der Waals surface area contributed by atoms with Crippen molar-refractivity contribution in [2.75, 3.05) is 18.6 Å². The van der Waals surface area contributed by atoms with Crippen molar-refractivity contribution < 1.29 is 14.3 Å². The van der Waals surface area contributed by atoms with Crippen LogP contribution in [0.25, 0.3) is 0 Å². The molecule has 0 spiro atoms. The molecule has 0 aliphatic rings. The van der Waals surface area contributed by atoms with Gasteiger partial charge < -0.3 is 9.47 Å². The summed E-state index contributed by atoms with van der Waals surface area (Å²) in [4.78, 5) is 11.5. The smallest absolute Gasteiger partial charge is 0.338 e. The number of halogens is 2. The van der Waals surface area contributed by atoms with Crippen LogP contribution in [0.2, 0.25) is 0 Å². The summed E-state index contributed by atoms with van der Waals surface area (Å²) >= 11 is 11.0. The summed E-state index contributed by atoms with van der Waals surface area (Å²) in [6.07, 6.45) is -0.369. The van der Waals surface area contributed by atoms with E-state index >= 15 is 0 Å². The molecule has 1 aromatic rings. The van der Waals surface area contributed by atoms with Crippen molar-refractivity contribution in [2.24, 2.45) is 0 Å². The third-order valence-electron chi connectivity index (χ3n) is 1.88. The highest BCUT2D eigenvalue weighted by Crippen LogP contribution is 2.04. The molecule has 1 unspecified atom stereocenters. The van der Waals surface area contributed by atoms with Crippen LogP contribution in [0.5, 0.6) is 0 Å². The minimum absolute atomic E-state index is 0.0280. The van der Waals surface area contributed by atoms with Crippen molar-refractivity contribution >= 4 is 29.2 Å². The molecule has 0 N–H and O–H groups in total. The lowest BCUT2D eigenvalue weighted by Crippen LogP contribution is -2.23. The molecule has 0 heterocycles. The number of hydrogen-bond acceptors (Lipinski definition) is 3. The van der Waals surface area contributed by atoms with Gasteiger partial charge in [-0.2, -0.15) is 0 Å². The van der Waals surface area contributed by atoms with Crippen LogP contribution in [0.4, 0.5) is 0 Å². The Morgan fingerprint density at radius 1 is 1.25 bits per heavy atom. The highest BCUT2D eigenvalue weighted by molar-refractivity contribution is 6.18. The highest BCUT2D eigenvalue weighted by atomic mass is 35.5. The number of carbonyl (C=O) groups is 1. The van der Waals surface area contributed by atoms with Crippen LogP contribution in [0, 0.1) is 0 Å². The molecule has 0 amide bonds. The molecule has 0 radical (unpaired) electrons. The second kappa shape index (κ2) is 7.49. The molecule has 1 aromatic carbocycles. The maximum atomic E-state index is 11.5. The molecule has 16 heavy (non-hydrogen) atoms. The third-order valence-corrected chi connectivity index (χ3v) is 2.35. The lowest BCUT2D eigenvalue weighted by Gasteiger charge is -2.13. The first-order valence-electron chi connectivity index (χ1n) is 4.73. The lowest BCUT2D eigenvalue weighted by molar-refractivity contribution is 0.0135. The van der Waals surface area contributed by atoms with Crippen LogP contribution in [0.1, 0.15) is 10.4 Å². The maximum absolute atomic E-state index is 11.5. The quantitative estimate of drug-likeness (QED) is 0.584. The lowest BCUT2D eigenvalue weighted by atomic mass is 10.2. The van der Waals surface area contributed by atoms with Gasteiger partial charge in [0, 0.05) is 0 Å². The number of hydrogen-bond donors (Lipinski definition) is 0. The summed E-state index contributed by atoms with van der Waals surface area (Å²) in [5, 5.41) is 0. The molecular weight excluding hydrogens is 251 g/mol. The molecule has 0 fully saturated rings. The SMILES string of the molecule is O=C(OCC(CCl)OCCl)c1ccccc1. The molecule has 0 bridgehead atoms. The van der Waals surface area contributed by atoms with Crippen molar-refractivity contribution in [1.82, 2.24) is 0 Å². The number of benzene rings is 1. The minimum atomic E-state index is -0.395. The first-order chi connectivity index (χ1) is 7.77. The van der Waals surface area contributed by atoms with E-state index in [1.807, 2.05) is 6.07 Å². The molecule has 0 saturated heterocycles. The largest absolute Gasteiger partial charge is 0.459 e. The molecule has 1 atom stereocenters. The van der Waals surface area contributed by atoms with Crippen molar-refractivity contribution in [3.05, 3.63) is 35.9 Å². The van der Waals surface area contributed by atoms with Gasteiger partial charge in [-0.25, -0.2) is 4.79 Å². The van der Waals surface area contributed by atoms with Gasteiger partial charge >= 0.3 is 5.97 Å². The zero-order valence-electron chi connectivity index (χ0n) is 8.57. The van der Waals surface area contributed by atoms with E-state index in [9.17, 15) is 4.79 Å². The zero-order chi connectivity index (χ0) is 11.8. The molecule has 3 nitrogen and oxygen atoms in total. The molecule has 0 aromatic heterocycles. The Labute approximate surface area is 104 Å². The second-order valence-electron chi connectivity index (χ2n) is 3.02. The Bertz CT molecular complexity index is 316. The molecule has 1 rings (SSSR count). The van der Waals surface area contributed by atoms with Gasteiger partial charge in [-0.15, -0.1) is 11.6 Å². The third kappa shape index (κ3) is 4.39. The summed E-state index contributed by atoms with van der Waals surface area (Å²) in [6.45, 7) is 0.101. The Balaban J connectivity index is 2.40. The monoisotopic (exact) mass is 262 g/mol. The van der Waals surface area contributed by atoms with Crippen molar-refractivity contribution in [3.63, 3.8) is 0 Å². The summed E-state index contributed by atoms with van der Waals surface area (Å²) in [5.41, 5.74) is 0.502. The predicted molar refractivity (Wildman–Crippen MR) is 63.0 cm³/mol. The minimum Gasteiger partial charge on any atom is -0.459 e. The van der Waals surface area contributed by atoms with Gasteiger partial charge in [-0.05, 0) is 12.1 Å². The van der Waals surface area contributed by atoms with Crippen LogP contribution in [0.15, 0.2) is 30.3 Å². The average Bonchev–Trinajstić information content (AvgIpc) is 2.35. The standard InChI is InChI=1S/C11H12Cl2O3/c12-6-10(16-8-13)7-15-11(14)9-4-2-1-3-5-9/h1-5,10H,6-8H2. The van der Waals surface area contributed by atoms with Gasteiger partial charge in [0.15, 0.2) is 0 Å². The number of esters is 1. The van der Waals surface area contributed by atoms with Gasteiger partial charge in [0.1, 0.15) is 18.8 Å². The summed E-state index contributed by atoms with van der Waals surface area (Å²) in [6, 6.07) is 8.76. The highest BCUT2D eigenvalue weighted by Gasteiger charge is 2.12. The normalized spacial score (nSPS) is 12.1. The zero-order valence-corrected chi connectivity index (χ0v) is 10.1. The number of ether oxygens (including phenoxy) is 2. The van der Waals surface area contributed by atoms with Gasteiger partial charge in [0.2, 0.25) is 0 Å². The Morgan fingerprint density at radius 2 is 1.94 bits per heavy atom. The van der Waals surface area contributed by atoms with E-state index in [0.29, 0.717) is 5.56 Å². The fraction of sp³-hybridized carbons (Fsp3) is 0.364. The van der Waals surface area contributed by atoms with Gasteiger partial charge in [-0.3, -0.25) is 0 Å². The first kappa shape index (κ1) is 13.3. The maximum Gasteiger partial charge on any atom is 0.338 e. The van der Waals surface area contributed by atoms with E-state index in [4.69, 9.17) is 32.7 Å². The van der Waals surface area contributed by atoms with E-state index in [2.05, 4.69) is 0 Å². The fourth-order valence-corrected chi connectivity index (χ4v) is 1.41. The summed E-state index contributed by atoms with van der Waals surface area (Å²) < 4.78 is 10.1. The number of rotatable bonds is 6. The summed E-state index contributed by atoms with van der Waals surface area (Å²) in [7, 11) is 0. The summed E-state index contributed by atoms with van der Waals surface area (Å²) in [5.74, 6) is -0.164. The first-order valence-corrected chi connectivity index (χ1v) is 5.80. The Kier molecular flexibility index (Phi) is 6.23. The molecule has 0 aliphatic carbocycles. The predicted octanol–water partition coefficient (Wildman–Crippen LogP) is 2.66. The molecule has 0 saturated carbocycles. The number of carbonyl (C=O) groups excluding carboxylic acids is 1. The molecule has 88 valence electrons. The topological polar surface area (TPSA) is 35.5 Å². The van der Waals surface area contributed by atoms with Gasteiger partial charge in [0.25, 0.3) is 0 Å². The average molecular weight is 263 g/mol. The molecule has 5 heteroatoms. The van der Waals surface area contributed by atoms with E-state index < -0.39 is 5.97 Å². The van der Waals surface area contributed by atoms with E-state index in [1.165, 1.54) is 0 Å². The number of alkyl halides is 2. The fourth-order valence-electron chi connectivity index (χ4n) is 1.05. The van der Waals surface area contributed by atoms with Crippen LogP contribution >= 0.6 is 23.2 Å².